The Bertz CT molecular complexity index is 358. The molecule has 0 amide bonds. The molecule has 0 bridgehead atoms. The summed E-state index contributed by atoms with van der Waals surface area (Å²) in [6, 6.07) is 0. The van der Waals surface area contributed by atoms with Crippen molar-refractivity contribution < 1.29 is 0 Å². The number of aliphatic imine (C=N–C) groups is 1. The van der Waals surface area contributed by atoms with Crippen molar-refractivity contribution in [1.82, 2.24) is 10.3 Å². The van der Waals surface area contributed by atoms with Gasteiger partial charge in [-0.3, -0.25) is 9.98 Å². The highest BCUT2D eigenvalue weighted by Crippen LogP contribution is 2.30. The van der Waals surface area contributed by atoms with Gasteiger partial charge in [0.05, 0.1) is 18.6 Å². The predicted molar refractivity (Wildman–Crippen MR) is 76.7 cm³/mol. The first kappa shape index (κ1) is 12.9. The highest BCUT2D eigenvalue weighted by molar-refractivity contribution is 8.14. The lowest BCUT2D eigenvalue weighted by atomic mass is 9.99. The van der Waals surface area contributed by atoms with Gasteiger partial charge in [0.2, 0.25) is 0 Å². The normalized spacial score (nSPS) is 19.7. The zero-order valence-corrected chi connectivity index (χ0v) is 12.0. The summed E-state index contributed by atoms with van der Waals surface area (Å²) in [6.45, 7) is 6.38. The number of nitrogens with zero attached hydrogens (tertiary/aromatic N) is 2. The molecule has 1 aliphatic rings. The summed E-state index contributed by atoms with van der Waals surface area (Å²) in [6.07, 6.45) is 4.42. The molecule has 0 aliphatic carbocycles. The quantitative estimate of drug-likeness (QED) is 0.892. The fourth-order valence-electron chi connectivity index (χ4n) is 2.04. The molecule has 0 saturated carbocycles. The van der Waals surface area contributed by atoms with E-state index < -0.39 is 0 Å². The largest absolute Gasteiger partial charge is 0.360 e. The van der Waals surface area contributed by atoms with E-state index >= 15 is 0 Å². The third-order valence-electron chi connectivity index (χ3n) is 3.15. The molecule has 2 heterocycles. The first-order chi connectivity index (χ1) is 8.33. The second kappa shape index (κ2) is 6.40. The highest BCUT2D eigenvalue weighted by Gasteiger charge is 2.25. The molecule has 1 unspecified atom stereocenters. The molecule has 0 aromatic carbocycles. The summed E-state index contributed by atoms with van der Waals surface area (Å²) in [7, 11) is 0. The van der Waals surface area contributed by atoms with Gasteiger partial charge < -0.3 is 5.32 Å². The summed E-state index contributed by atoms with van der Waals surface area (Å²) in [4.78, 5) is 9.92. The van der Waals surface area contributed by atoms with E-state index in [2.05, 4.69) is 29.1 Å². The molecule has 0 radical (unpaired) electrons. The molecule has 1 aromatic heterocycles. The van der Waals surface area contributed by atoms with Gasteiger partial charge in [-0.15, -0.1) is 11.3 Å². The van der Waals surface area contributed by atoms with Crippen LogP contribution >= 0.6 is 23.1 Å². The Morgan fingerprint density at radius 3 is 2.94 bits per heavy atom. The van der Waals surface area contributed by atoms with Gasteiger partial charge in [0.25, 0.3) is 0 Å². The highest BCUT2D eigenvalue weighted by atomic mass is 32.2. The lowest BCUT2D eigenvalue weighted by Gasteiger charge is -2.18. The van der Waals surface area contributed by atoms with Gasteiger partial charge in [-0.25, -0.2) is 0 Å². The Hall–Kier alpha value is -0.550. The van der Waals surface area contributed by atoms with Crippen LogP contribution < -0.4 is 5.32 Å². The number of thioether (sulfide) groups is 1. The van der Waals surface area contributed by atoms with Gasteiger partial charge in [-0.2, -0.15) is 0 Å². The van der Waals surface area contributed by atoms with E-state index in [1.807, 2.05) is 23.5 Å². The molecule has 94 valence electrons. The average molecular weight is 269 g/mol. The Labute approximate surface area is 111 Å². The minimum Gasteiger partial charge on any atom is -0.360 e. The van der Waals surface area contributed by atoms with Gasteiger partial charge in [-0.1, -0.05) is 38.5 Å². The SMILES string of the molecule is CCC(CC)C1CN=C(NCc2cncs2)S1. The van der Waals surface area contributed by atoms with Crippen molar-refractivity contribution in [1.29, 1.82) is 0 Å². The number of hydrogen-bond acceptors (Lipinski definition) is 5. The minimum atomic E-state index is 0.675. The van der Waals surface area contributed by atoms with E-state index in [1.54, 1.807) is 11.3 Å². The van der Waals surface area contributed by atoms with Gasteiger partial charge in [0.15, 0.2) is 5.17 Å². The second-order valence-corrected chi connectivity index (χ2v) is 6.40. The van der Waals surface area contributed by atoms with E-state index in [-0.39, 0.29) is 0 Å². The smallest absolute Gasteiger partial charge is 0.157 e. The summed E-state index contributed by atoms with van der Waals surface area (Å²) in [5.41, 5.74) is 1.87. The van der Waals surface area contributed by atoms with Crippen molar-refractivity contribution >= 4 is 28.3 Å². The summed E-state index contributed by atoms with van der Waals surface area (Å²) < 4.78 is 0. The molecule has 0 spiro atoms. The van der Waals surface area contributed by atoms with Crippen LogP contribution in [0.2, 0.25) is 0 Å². The lowest BCUT2D eigenvalue weighted by Crippen LogP contribution is -2.21. The molecular formula is C12H19N3S2. The minimum absolute atomic E-state index is 0.675. The van der Waals surface area contributed by atoms with Crippen LogP contribution in [-0.2, 0) is 6.54 Å². The standard InChI is InChI=1S/C12H19N3S2/c1-3-9(4-2)11-7-15-12(17-11)14-6-10-5-13-8-16-10/h5,8-9,11H,3-4,6-7H2,1-2H3,(H,14,15). The lowest BCUT2D eigenvalue weighted by molar-refractivity contribution is 0.479. The Morgan fingerprint density at radius 2 is 2.29 bits per heavy atom. The zero-order valence-electron chi connectivity index (χ0n) is 10.3. The fraction of sp³-hybridized carbons (Fsp3) is 0.667. The van der Waals surface area contributed by atoms with Crippen LogP contribution in [0.25, 0.3) is 0 Å². The van der Waals surface area contributed by atoms with E-state index in [4.69, 9.17) is 0 Å². The number of rotatable bonds is 5. The molecule has 2 rings (SSSR count). The van der Waals surface area contributed by atoms with Crippen molar-refractivity contribution in [2.45, 2.75) is 38.5 Å². The predicted octanol–water partition coefficient (Wildman–Crippen LogP) is 3.14. The molecule has 1 N–H and O–H groups in total. The number of hydrogen-bond donors (Lipinski definition) is 1. The van der Waals surface area contributed by atoms with Crippen LogP contribution in [-0.4, -0.2) is 21.9 Å². The molecule has 17 heavy (non-hydrogen) atoms. The molecular weight excluding hydrogens is 250 g/mol. The molecule has 1 aliphatic heterocycles. The van der Waals surface area contributed by atoms with E-state index in [0.717, 1.165) is 24.2 Å². The van der Waals surface area contributed by atoms with Crippen LogP contribution in [0.4, 0.5) is 0 Å². The van der Waals surface area contributed by atoms with Crippen molar-refractivity contribution in [3.8, 4) is 0 Å². The molecule has 3 nitrogen and oxygen atoms in total. The van der Waals surface area contributed by atoms with Gasteiger partial charge >= 0.3 is 0 Å². The number of nitrogens with one attached hydrogen (secondary N) is 1. The van der Waals surface area contributed by atoms with Crippen molar-refractivity contribution in [2.75, 3.05) is 6.54 Å². The van der Waals surface area contributed by atoms with Crippen molar-refractivity contribution in [3.05, 3.63) is 16.6 Å². The topological polar surface area (TPSA) is 37.3 Å². The number of amidine groups is 1. The maximum absolute atomic E-state index is 4.59. The third-order valence-corrected chi connectivity index (χ3v) is 5.26. The average Bonchev–Trinajstić information content (AvgIpc) is 2.99. The molecule has 1 aromatic rings. The monoisotopic (exact) mass is 269 g/mol. The van der Waals surface area contributed by atoms with E-state index in [1.165, 1.54) is 17.7 Å². The third kappa shape index (κ3) is 3.45. The Kier molecular flexibility index (Phi) is 4.86. The van der Waals surface area contributed by atoms with Gasteiger partial charge in [0.1, 0.15) is 0 Å². The van der Waals surface area contributed by atoms with Crippen LogP contribution in [0.15, 0.2) is 16.7 Å². The van der Waals surface area contributed by atoms with Gasteiger partial charge in [-0.05, 0) is 5.92 Å². The summed E-state index contributed by atoms with van der Waals surface area (Å²) in [5.74, 6) is 0.798. The molecule has 5 heteroatoms. The van der Waals surface area contributed by atoms with Crippen LogP contribution in [0, 0.1) is 5.92 Å². The zero-order chi connectivity index (χ0) is 12.1. The van der Waals surface area contributed by atoms with E-state index in [9.17, 15) is 0 Å². The summed E-state index contributed by atoms with van der Waals surface area (Å²) in [5, 5.41) is 5.18. The number of aromatic nitrogens is 1. The van der Waals surface area contributed by atoms with Crippen LogP contribution in [0.1, 0.15) is 31.6 Å². The van der Waals surface area contributed by atoms with E-state index in [0.29, 0.717) is 5.25 Å². The molecule has 1 atom stereocenters. The molecule has 0 saturated heterocycles. The Morgan fingerprint density at radius 1 is 1.47 bits per heavy atom. The Balaban J connectivity index is 1.77. The van der Waals surface area contributed by atoms with Crippen LogP contribution in [0.3, 0.4) is 0 Å². The second-order valence-electron chi connectivity index (χ2n) is 4.20. The van der Waals surface area contributed by atoms with Crippen LogP contribution in [0.5, 0.6) is 0 Å². The number of thiazole rings is 1. The van der Waals surface area contributed by atoms with Crippen molar-refractivity contribution in [3.63, 3.8) is 0 Å². The first-order valence-electron chi connectivity index (χ1n) is 6.15. The maximum atomic E-state index is 4.59. The van der Waals surface area contributed by atoms with Crippen molar-refractivity contribution in [2.24, 2.45) is 10.9 Å². The maximum Gasteiger partial charge on any atom is 0.157 e. The summed E-state index contributed by atoms with van der Waals surface area (Å²) >= 11 is 3.60. The molecule has 0 fully saturated rings. The fourth-order valence-corrected chi connectivity index (χ4v) is 3.89. The van der Waals surface area contributed by atoms with Gasteiger partial charge in [0, 0.05) is 16.3 Å². The first-order valence-corrected chi connectivity index (χ1v) is 7.91.